The van der Waals surface area contributed by atoms with E-state index in [0.29, 0.717) is 12.2 Å². The lowest BCUT2D eigenvalue weighted by Crippen LogP contribution is -1.97. The van der Waals surface area contributed by atoms with Crippen molar-refractivity contribution in [3.63, 3.8) is 0 Å². The molecule has 0 aliphatic carbocycles. The van der Waals surface area contributed by atoms with Crippen molar-refractivity contribution in [1.82, 2.24) is 9.55 Å². The standard InChI is InChI=1S/C13H13FN2O2/c1-16-8-11(6-7-12(17)18)15-13(16)9-2-4-10(14)5-3-9/h2-5,8H,6-7H2,1H3,(H,17,18). The van der Waals surface area contributed by atoms with E-state index >= 15 is 0 Å². The number of aryl methyl sites for hydroxylation is 2. The number of rotatable bonds is 4. The molecule has 2 rings (SSSR count). The van der Waals surface area contributed by atoms with Gasteiger partial charge in [0.15, 0.2) is 0 Å². The number of nitrogens with zero attached hydrogens (tertiary/aromatic N) is 2. The molecule has 1 N–H and O–H groups in total. The zero-order chi connectivity index (χ0) is 13.1. The van der Waals surface area contributed by atoms with Gasteiger partial charge in [0.05, 0.1) is 12.1 Å². The molecule has 0 unspecified atom stereocenters. The quantitative estimate of drug-likeness (QED) is 0.902. The van der Waals surface area contributed by atoms with Crippen LogP contribution in [-0.4, -0.2) is 20.6 Å². The first-order valence-electron chi connectivity index (χ1n) is 5.56. The molecular formula is C13H13FN2O2. The molecule has 1 aromatic heterocycles. The third kappa shape index (κ3) is 2.74. The highest BCUT2D eigenvalue weighted by atomic mass is 19.1. The zero-order valence-electron chi connectivity index (χ0n) is 9.93. The lowest BCUT2D eigenvalue weighted by atomic mass is 10.2. The van der Waals surface area contributed by atoms with Crippen LogP contribution in [0, 0.1) is 5.82 Å². The van der Waals surface area contributed by atoms with Gasteiger partial charge in [0.25, 0.3) is 0 Å². The molecule has 18 heavy (non-hydrogen) atoms. The largest absolute Gasteiger partial charge is 0.481 e. The average molecular weight is 248 g/mol. The Morgan fingerprint density at radius 2 is 2.06 bits per heavy atom. The summed E-state index contributed by atoms with van der Waals surface area (Å²) >= 11 is 0. The molecule has 1 heterocycles. The Balaban J connectivity index is 2.23. The summed E-state index contributed by atoms with van der Waals surface area (Å²) in [5, 5.41) is 8.62. The number of carboxylic acids is 1. The van der Waals surface area contributed by atoms with Gasteiger partial charge in [0, 0.05) is 25.2 Å². The Morgan fingerprint density at radius 3 is 2.67 bits per heavy atom. The van der Waals surface area contributed by atoms with E-state index in [1.54, 1.807) is 18.3 Å². The van der Waals surface area contributed by atoms with Crippen LogP contribution in [0.3, 0.4) is 0 Å². The Labute approximate surface area is 104 Å². The highest BCUT2D eigenvalue weighted by Crippen LogP contribution is 2.19. The van der Waals surface area contributed by atoms with Gasteiger partial charge in [-0.05, 0) is 24.3 Å². The molecule has 0 aliphatic heterocycles. The van der Waals surface area contributed by atoms with Crippen molar-refractivity contribution in [2.45, 2.75) is 12.8 Å². The van der Waals surface area contributed by atoms with Crippen LogP contribution in [0.2, 0.25) is 0 Å². The van der Waals surface area contributed by atoms with Crippen LogP contribution in [0.5, 0.6) is 0 Å². The summed E-state index contributed by atoms with van der Waals surface area (Å²) < 4.78 is 14.6. The minimum atomic E-state index is -0.844. The van der Waals surface area contributed by atoms with Crippen LogP contribution < -0.4 is 0 Å². The molecular weight excluding hydrogens is 235 g/mol. The van der Waals surface area contributed by atoms with Crippen molar-refractivity contribution in [2.24, 2.45) is 7.05 Å². The second-order valence-electron chi connectivity index (χ2n) is 4.07. The van der Waals surface area contributed by atoms with Crippen LogP contribution in [0.25, 0.3) is 11.4 Å². The van der Waals surface area contributed by atoms with Crippen molar-refractivity contribution in [3.8, 4) is 11.4 Å². The number of benzene rings is 1. The second-order valence-corrected chi connectivity index (χ2v) is 4.07. The van der Waals surface area contributed by atoms with E-state index in [0.717, 1.165) is 11.3 Å². The third-order valence-corrected chi connectivity index (χ3v) is 2.62. The van der Waals surface area contributed by atoms with Gasteiger partial charge >= 0.3 is 5.97 Å². The molecule has 94 valence electrons. The maximum atomic E-state index is 12.8. The monoisotopic (exact) mass is 248 g/mol. The molecule has 0 atom stereocenters. The highest BCUT2D eigenvalue weighted by molar-refractivity contribution is 5.67. The number of hydrogen-bond acceptors (Lipinski definition) is 2. The maximum Gasteiger partial charge on any atom is 0.303 e. The normalized spacial score (nSPS) is 10.6. The van der Waals surface area contributed by atoms with Crippen LogP contribution in [0.4, 0.5) is 4.39 Å². The molecule has 0 fully saturated rings. The van der Waals surface area contributed by atoms with Crippen molar-refractivity contribution in [2.75, 3.05) is 0 Å². The van der Waals surface area contributed by atoms with E-state index in [2.05, 4.69) is 4.98 Å². The van der Waals surface area contributed by atoms with Crippen LogP contribution in [0.15, 0.2) is 30.5 Å². The van der Waals surface area contributed by atoms with Gasteiger partial charge in [-0.25, -0.2) is 9.37 Å². The fourth-order valence-electron chi connectivity index (χ4n) is 1.75. The van der Waals surface area contributed by atoms with Crippen molar-refractivity contribution < 1.29 is 14.3 Å². The van der Waals surface area contributed by atoms with Gasteiger partial charge in [0.2, 0.25) is 0 Å². The summed E-state index contributed by atoms with van der Waals surface area (Å²) in [6.07, 6.45) is 2.24. The maximum absolute atomic E-state index is 12.8. The molecule has 4 nitrogen and oxygen atoms in total. The zero-order valence-corrected chi connectivity index (χ0v) is 9.93. The van der Waals surface area contributed by atoms with Crippen LogP contribution >= 0.6 is 0 Å². The van der Waals surface area contributed by atoms with Crippen LogP contribution in [-0.2, 0) is 18.3 Å². The Morgan fingerprint density at radius 1 is 1.39 bits per heavy atom. The summed E-state index contributed by atoms with van der Waals surface area (Å²) in [6.45, 7) is 0. The molecule has 5 heteroatoms. The molecule has 0 amide bonds. The molecule has 0 aliphatic rings. The highest BCUT2D eigenvalue weighted by Gasteiger charge is 2.09. The van der Waals surface area contributed by atoms with Crippen molar-refractivity contribution in [3.05, 3.63) is 42.0 Å². The molecule has 0 saturated carbocycles. The SMILES string of the molecule is Cn1cc(CCC(=O)O)nc1-c1ccc(F)cc1. The minimum absolute atomic E-state index is 0.0554. The molecule has 1 aromatic carbocycles. The third-order valence-electron chi connectivity index (χ3n) is 2.62. The summed E-state index contributed by atoms with van der Waals surface area (Å²) in [6, 6.07) is 6.05. The summed E-state index contributed by atoms with van der Waals surface area (Å²) in [4.78, 5) is 14.9. The Hall–Kier alpha value is -2.17. The number of carbonyl (C=O) groups is 1. The van der Waals surface area contributed by atoms with Gasteiger partial charge in [-0.15, -0.1) is 0 Å². The van der Waals surface area contributed by atoms with Gasteiger partial charge < -0.3 is 9.67 Å². The second kappa shape index (κ2) is 5.00. The first kappa shape index (κ1) is 12.3. The van der Waals surface area contributed by atoms with Gasteiger partial charge in [-0.1, -0.05) is 0 Å². The van der Waals surface area contributed by atoms with Gasteiger partial charge in [-0.2, -0.15) is 0 Å². The van der Waals surface area contributed by atoms with E-state index in [1.807, 2.05) is 11.6 Å². The topological polar surface area (TPSA) is 55.1 Å². The molecule has 2 aromatic rings. The summed E-state index contributed by atoms with van der Waals surface area (Å²) in [5.41, 5.74) is 1.53. The van der Waals surface area contributed by atoms with E-state index < -0.39 is 5.97 Å². The fourth-order valence-corrected chi connectivity index (χ4v) is 1.75. The number of imidazole rings is 1. The summed E-state index contributed by atoms with van der Waals surface area (Å²) in [5.74, 6) is -0.432. The Bertz CT molecular complexity index is 561. The van der Waals surface area contributed by atoms with Crippen molar-refractivity contribution in [1.29, 1.82) is 0 Å². The van der Waals surface area contributed by atoms with E-state index in [1.165, 1.54) is 12.1 Å². The van der Waals surface area contributed by atoms with E-state index in [4.69, 9.17) is 5.11 Å². The predicted octanol–water partition coefficient (Wildman–Crippen LogP) is 2.24. The lowest BCUT2D eigenvalue weighted by molar-refractivity contribution is -0.136. The number of aliphatic carboxylic acids is 1. The fraction of sp³-hybridized carbons (Fsp3) is 0.231. The molecule has 0 spiro atoms. The first-order chi connectivity index (χ1) is 8.56. The van der Waals surface area contributed by atoms with Gasteiger partial charge in [-0.3, -0.25) is 4.79 Å². The Kier molecular flexibility index (Phi) is 3.41. The number of carboxylic acid groups (broad SMARTS) is 1. The summed E-state index contributed by atoms with van der Waals surface area (Å²) in [7, 11) is 1.83. The predicted molar refractivity (Wildman–Crippen MR) is 64.6 cm³/mol. The van der Waals surface area contributed by atoms with E-state index in [-0.39, 0.29) is 12.2 Å². The lowest BCUT2D eigenvalue weighted by Gasteiger charge is -2.00. The van der Waals surface area contributed by atoms with Crippen LogP contribution in [0.1, 0.15) is 12.1 Å². The molecule has 0 radical (unpaired) electrons. The first-order valence-corrected chi connectivity index (χ1v) is 5.56. The smallest absolute Gasteiger partial charge is 0.303 e. The van der Waals surface area contributed by atoms with Crippen molar-refractivity contribution >= 4 is 5.97 Å². The van der Waals surface area contributed by atoms with Gasteiger partial charge in [0.1, 0.15) is 11.6 Å². The number of aromatic nitrogens is 2. The molecule has 0 saturated heterocycles. The average Bonchev–Trinajstić information content (AvgIpc) is 2.69. The van der Waals surface area contributed by atoms with E-state index in [9.17, 15) is 9.18 Å². The number of hydrogen-bond donors (Lipinski definition) is 1. The minimum Gasteiger partial charge on any atom is -0.481 e. The number of halogens is 1. The molecule has 0 bridgehead atoms.